The quantitative estimate of drug-likeness (QED) is 0.107. The molecule has 0 unspecified atom stereocenters. The number of aromatic nitrogens is 4. The molecule has 0 aliphatic heterocycles. The van der Waals surface area contributed by atoms with Gasteiger partial charge >= 0.3 is 12.8 Å². The Hall–Kier alpha value is -4.09. The summed E-state index contributed by atoms with van der Waals surface area (Å²) in [5.74, 6) is 0.339. The highest BCUT2D eigenvalue weighted by Crippen LogP contribution is 2.43. The number of nitrogens with zero attached hydrogens (tertiary/aromatic N) is 5. The topological polar surface area (TPSA) is 74.4 Å². The minimum Gasteiger partial charge on any atom is -0.473 e. The van der Waals surface area contributed by atoms with Gasteiger partial charge in [-0.2, -0.15) is 26.9 Å². The molecular weight excluding hydrogens is 533 g/mol. The molecule has 7 nitrogen and oxygen atoms in total. The number of ether oxygens (including phenoxy) is 2. The van der Waals surface area contributed by atoms with Gasteiger partial charge in [0.15, 0.2) is 11.5 Å². The third-order valence-corrected chi connectivity index (χ3v) is 6.41. The Bertz CT molecular complexity index is 1440. The molecule has 0 saturated heterocycles. The lowest BCUT2D eigenvalue weighted by Crippen LogP contribution is -2.07. The third kappa shape index (κ3) is 6.37. The lowest BCUT2D eigenvalue weighted by molar-refractivity contribution is -0.140. The minimum absolute atomic E-state index is 0.0260. The highest BCUT2D eigenvalue weighted by atomic mass is 19.4. The van der Waals surface area contributed by atoms with E-state index in [9.17, 15) is 22.0 Å². The van der Waals surface area contributed by atoms with Crippen molar-refractivity contribution >= 4 is 11.8 Å². The number of hydrogen-bond acceptors (Lipinski definition) is 6. The van der Waals surface area contributed by atoms with Crippen LogP contribution in [0.2, 0.25) is 0 Å². The molecule has 0 bridgehead atoms. The maximum absolute atomic E-state index is 13.3. The van der Waals surface area contributed by atoms with Crippen LogP contribution in [0.4, 0.5) is 22.0 Å². The molecule has 2 heterocycles. The van der Waals surface area contributed by atoms with Gasteiger partial charge < -0.3 is 14.0 Å². The van der Waals surface area contributed by atoms with E-state index in [1.807, 2.05) is 0 Å². The minimum atomic E-state index is -4.52. The van der Waals surface area contributed by atoms with Crippen molar-refractivity contribution in [2.24, 2.45) is 10.9 Å². The number of allylic oxidation sites excluding steroid dienone is 2. The van der Waals surface area contributed by atoms with E-state index in [-0.39, 0.29) is 47.4 Å². The van der Waals surface area contributed by atoms with Crippen LogP contribution in [-0.4, -0.2) is 32.3 Å². The first kappa shape index (κ1) is 27.5. The molecule has 5 rings (SSSR count). The summed E-state index contributed by atoms with van der Waals surface area (Å²) in [7, 11) is 0. The van der Waals surface area contributed by atoms with Gasteiger partial charge in [-0.1, -0.05) is 30.8 Å². The summed E-state index contributed by atoms with van der Waals surface area (Å²) in [5, 5.41) is 0. The van der Waals surface area contributed by atoms with Crippen molar-refractivity contribution in [3.8, 4) is 17.3 Å². The molecule has 3 aromatic rings. The zero-order valence-electron chi connectivity index (χ0n) is 21.5. The van der Waals surface area contributed by atoms with Crippen molar-refractivity contribution < 1.29 is 31.4 Å². The molecule has 2 saturated carbocycles. The molecule has 0 radical (unpaired) electrons. The van der Waals surface area contributed by atoms with Crippen LogP contribution in [0.15, 0.2) is 65.8 Å². The number of alkyl halides is 5. The van der Waals surface area contributed by atoms with Crippen LogP contribution in [0.3, 0.4) is 0 Å². The van der Waals surface area contributed by atoms with Gasteiger partial charge in [0.05, 0.1) is 11.3 Å². The van der Waals surface area contributed by atoms with Crippen LogP contribution < -0.4 is 4.74 Å². The molecule has 2 aliphatic rings. The van der Waals surface area contributed by atoms with Crippen molar-refractivity contribution in [1.29, 1.82) is 0 Å². The third-order valence-electron chi connectivity index (χ3n) is 6.41. The van der Waals surface area contributed by atoms with E-state index in [0.717, 1.165) is 37.4 Å². The monoisotopic (exact) mass is 559 g/mol. The number of imidazole rings is 1. The normalized spacial score (nSPS) is 16.4. The van der Waals surface area contributed by atoms with Crippen LogP contribution >= 0.6 is 0 Å². The van der Waals surface area contributed by atoms with Crippen molar-refractivity contribution in [2.75, 3.05) is 0 Å². The van der Waals surface area contributed by atoms with Crippen LogP contribution in [0.1, 0.15) is 55.7 Å². The zero-order valence-corrected chi connectivity index (χ0v) is 21.5. The second kappa shape index (κ2) is 11.2. The Balaban J connectivity index is 1.34. The Labute approximate surface area is 227 Å². The van der Waals surface area contributed by atoms with E-state index in [0.29, 0.717) is 11.3 Å². The molecule has 0 N–H and O–H groups in total. The van der Waals surface area contributed by atoms with E-state index in [2.05, 4.69) is 31.3 Å². The molecule has 12 heteroatoms. The fourth-order valence-electron chi connectivity index (χ4n) is 4.24. The number of benzene rings is 1. The van der Waals surface area contributed by atoms with Gasteiger partial charge in [0.25, 0.3) is 0 Å². The number of aliphatic imine (C=N–C) groups is 1. The molecule has 1 aromatic carbocycles. The molecule has 2 fully saturated rings. The number of rotatable bonds is 11. The Morgan fingerprint density at radius 3 is 2.45 bits per heavy atom. The maximum atomic E-state index is 13.3. The van der Waals surface area contributed by atoms with Crippen LogP contribution in [-0.2, 0) is 17.5 Å². The summed E-state index contributed by atoms with van der Waals surface area (Å²) in [4.78, 5) is 16.8. The van der Waals surface area contributed by atoms with Gasteiger partial charge in [-0.3, -0.25) is 4.99 Å². The Morgan fingerprint density at radius 1 is 1.12 bits per heavy atom. The summed E-state index contributed by atoms with van der Waals surface area (Å²) < 4.78 is 77.8. The summed E-state index contributed by atoms with van der Waals surface area (Å²) >= 11 is 0. The fraction of sp³-hybridized carbons (Fsp3) is 0.357. The SMILES string of the molecule is C=C(OC(F)F)/C(=C(\N=CC)C1CC1)c1nccc(OCc2ccc(-c3nc(C(F)(F)F)cn3C3CC3)cc2)n1. The van der Waals surface area contributed by atoms with Crippen molar-refractivity contribution in [2.45, 2.75) is 58.0 Å². The second-order valence-electron chi connectivity index (χ2n) is 9.51. The Morgan fingerprint density at radius 2 is 1.85 bits per heavy atom. The summed E-state index contributed by atoms with van der Waals surface area (Å²) in [5.41, 5.74) is 1.11. The van der Waals surface area contributed by atoms with E-state index < -0.39 is 18.5 Å². The van der Waals surface area contributed by atoms with Gasteiger partial charge in [-0.15, -0.1) is 0 Å². The lowest BCUT2D eigenvalue weighted by Gasteiger charge is -2.15. The van der Waals surface area contributed by atoms with Crippen LogP contribution in [0.25, 0.3) is 17.0 Å². The maximum Gasteiger partial charge on any atom is 0.434 e. The van der Waals surface area contributed by atoms with Gasteiger partial charge in [-0.25, -0.2) is 9.97 Å². The number of hydrogen-bond donors (Lipinski definition) is 0. The first-order chi connectivity index (χ1) is 19.1. The largest absolute Gasteiger partial charge is 0.473 e. The van der Waals surface area contributed by atoms with Crippen LogP contribution in [0.5, 0.6) is 5.88 Å². The van der Waals surface area contributed by atoms with Crippen molar-refractivity contribution in [1.82, 2.24) is 19.5 Å². The molecule has 2 aromatic heterocycles. The highest BCUT2D eigenvalue weighted by molar-refractivity contribution is 5.77. The molecule has 0 amide bonds. The average molecular weight is 560 g/mol. The lowest BCUT2D eigenvalue weighted by atomic mass is 10.1. The van der Waals surface area contributed by atoms with Crippen LogP contribution in [0, 0.1) is 5.92 Å². The average Bonchev–Trinajstić information content (AvgIpc) is 3.85. The second-order valence-corrected chi connectivity index (χ2v) is 9.51. The first-order valence-electron chi connectivity index (χ1n) is 12.7. The predicted octanol–water partition coefficient (Wildman–Crippen LogP) is 7.24. The summed E-state index contributed by atoms with van der Waals surface area (Å²) in [6.07, 6.45) is 2.89. The molecule has 2 aliphatic carbocycles. The Kier molecular flexibility index (Phi) is 7.68. The molecular formula is C28H26F5N5O2. The zero-order chi connectivity index (χ0) is 28.4. The van der Waals surface area contributed by atoms with Gasteiger partial charge in [0.1, 0.15) is 18.2 Å². The molecule has 40 heavy (non-hydrogen) atoms. The number of halogens is 5. The summed E-state index contributed by atoms with van der Waals surface area (Å²) in [6.45, 7) is 2.40. The first-order valence-corrected chi connectivity index (χ1v) is 12.7. The van der Waals surface area contributed by atoms with Gasteiger partial charge in [0, 0.05) is 42.2 Å². The van der Waals surface area contributed by atoms with E-state index in [1.54, 1.807) is 42.0 Å². The van der Waals surface area contributed by atoms with E-state index in [1.165, 1.54) is 12.3 Å². The summed E-state index contributed by atoms with van der Waals surface area (Å²) in [6, 6.07) is 8.42. The standard InChI is InChI=1S/C28H26F5N5O2/c1-3-34-24(18-8-9-18)23(16(2)40-27(29)30)25-35-13-12-22(37-25)39-15-17-4-6-19(7-5-17)26-36-21(28(31,32)33)14-38(26)20-10-11-20/h3-7,12-14,18,20,27H,2,8-11,15H2,1H3/b24-23+,34-3?. The highest BCUT2D eigenvalue weighted by Gasteiger charge is 2.37. The molecule has 210 valence electrons. The van der Waals surface area contributed by atoms with Gasteiger partial charge in [0.2, 0.25) is 5.88 Å². The predicted molar refractivity (Wildman–Crippen MR) is 137 cm³/mol. The van der Waals surface area contributed by atoms with E-state index >= 15 is 0 Å². The fourth-order valence-corrected chi connectivity index (χ4v) is 4.24. The molecule has 0 atom stereocenters. The smallest absolute Gasteiger partial charge is 0.434 e. The van der Waals surface area contributed by atoms with E-state index in [4.69, 9.17) is 4.74 Å². The molecule has 0 spiro atoms. The van der Waals surface area contributed by atoms with Gasteiger partial charge in [-0.05, 0) is 38.2 Å². The van der Waals surface area contributed by atoms with Crippen molar-refractivity contribution in [3.63, 3.8) is 0 Å². The van der Waals surface area contributed by atoms with Crippen molar-refractivity contribution in [3.05, 3.63) is 77.8 Å².